The highest BCUT2D eigenvalue weighted by molar-refractivity contribution is 8.00. The number of aliphatic hydroxyl groups is 1. The predicted molar refractivity (Wildman–Crippen MR) is 40.0 cm³/mol. The quantitative estimate of drug-likeness (QED) is 0.556. The molecular weight excluding hydrogens is 148 g/mol. The summed E-state index contributed by atoms with van der Waals surface area (Å²) in [5.74, 6) is 1.04. The predicted octanol–water partition coefficient (Wildman–Crippen LogP) is 0.442. The van der Waals surface area contributed by atoms with Gasteiger partial charge in [-0.15, -0.1) is 0 Å². The highest BCUT2D eigenvalue weighted by atomic mass is 32.2. The van der Waals surface area contributed by atoms with Gasteiger partial charge in [-0.25, -0.2) is 0 Å². The fourth-order valence-corrected chi connectivity index (χ4v) is 3.29. The van der Waals surface area contributed by atoms with Crippen molar-refractivity contribution >= 4 is 17.5 Å². The second-order valence-corrected chi connectivity index (χ2v) is 4.24. The molecule has 1 saturated carbocycles. The van der Waals surface area contributed by atoms with Gasteiger partial charge in [0.25, 0.3) is 0 Å². The molecule has 0 aromatic heterocycles. The summed E-state index contributed by atoms with van der Waals surface area (Å²) < 4.78 is 0. The number of rotatable bonds is 0. The molecule has 3 heteroatoms. The second-order valence-electron chi connectivity index (χ2n) is 2.97. The van der Waals surface area contributed by atoms with Crippen LogP contribution in [0, 0.1) is 5.92 Å². The minimum atomic E-state index is -0.343. The lowest BCUT2D eigenvalue weighted by molar-refractivity contribution is -0.122. The summed E-state index contributed by atoms with van der Waals surface area (Å²) in [7, 11) is 0. The van der Waals surface area contributed by atoms with Gasteiger partial charge in [-0.3, -0.25) is 4.79 Å². The van der Waals surface area contributed by atoms with Crippen LogP contribution in [0.25, 0.3) is 0 Å². The molecular formula is C7H10O2S. The summed E-state index contributed by atoms with van der Waals surface area (Å²) in [5, 5.41) is 9.77. The number of aliphatic hydroxyl groups excluding tert-OH is 1. The van der Waals surface area contributed by atoms with Gasteiger partial charge in [0.1, 0.15) is 5.78 Å². The van der Waals surface area contributed by atoms with E-state index in [0.717, 1.165) is 12.2 Å². The molecule has 2 nitrogen and oxygen atoms in total. The molecule has 1 saturated heterocycles. The van der Waals surface area contributed by atoms with Crippen LogP contribution in [0.5, 0.6) is 0 Å². The fraction of sp³-hybridized carbons (Fsp3) is 0.857. The van der Waals surface area contributed by atoms with E-state index in [1.165, 1.54) is 0 Å². The van der Waals surface area contributed by atoms with E-state index in [4.69, 9.17) is 0 Å². The summed E-state index contributed by atoms with van der Waals surface area (Å²) in [5.41, 5.74) is 0. The number of ketones is 1. The van der Waals surface area contributed by atoms with Crippen LogP contribution in [0.1, 0.15) is 12.8 Å². The lowest BCUT2D eigenvalue weighted by Crippen LogP contribution is -2.24. The molecule has 0 bridgehead atoms. The Kier molecular flexibility index (Phi) is 1.49. The van der Waals surface area contributed by atoms with Crippen LogP contribution < -0.4 is 0 Å². The van der Waals surface area contributed by atoms with Crippen molar-refractivity contribution in [2.75, 3.05) is 5.75 Å². The number of fused-ring (bicyclic) bond motifs is 1. The molecule has 1 aliphatic heterocycles. The van der Waals surface area contributed by atoms with Crippen LogP contribution in [0.4, 0.5) is 0 Å². The van der Waals surface area contributed by atoms with Crippen LogP contribution in [-0.4, -0.2) is 28.0 Å². The molecule has 1 heterocycles. The van der Waals surface area contributed by atoms with Gasteiger partial charge < -0.3 is 5.11 Å². The van der Waals surface area contributed by atoms with Crippen molar-refractivity contribution in [2.45, 2.75) is 24.2 Å². The van der Waals surface area contributed by atoms with Crippen molar-refractivity contribution in [3.05, 3.63) is 0 Å². The molecule has 3 unspecified atom stereocenters. The smallest absolute Gasteiger partial charge is 0.139 e. The number of thioether (sulfide) groups is 1. The van der Waals surface area contributed by atoms with Crippen LogP contribution in [0.2, 0.25) is 0 Å². The maximum atomic E-state index is 11.1. The zero-order valence-electron chi connectivity index (χ0n) is 5.62. The van der Waals surface area contributed by atoms with Crippen molar-refractivity contribution in [1.82, 2.24) is 0 Å². The molecule has 1 aliphatic carbocycles. The molecule has 0 aromatic rings. The van der Waals surface area contributed by atoms with Crippen molar-refractivity contribution in [3.8, 4) is 0 Å². The van der Waals surface area contributed by atoms with Gasteiger partial charge in [0.15, 0.2) is 0 Å². The van der Waals surface area contributed by atoms with Gasteiger partial charge >= 0.3 is 0 Å². The first-order chi connectivity index (χ1) is 4.79. The van der Waals surface area contributed by atoms with Gasteiger partial charge in [0, 0.05) is 17.4 Å². The maximum absolute atomic E-state index is 11.1. The minimum absolute atomic E-state index is 0.00926. The Morgan fingerprint density at radius 1 is 1.60 bits per heavy atom. The zero-order valence-corrected chi connectivity index (χ0v) is 6.43. The van der Waals surface area contributed by atoms with Gasteiger partial charge in [0.05, 0.1) is 12.0 Å². The Labute approximate surface area is 64.0 Å². The number of carbonyl (C=O) groups excluding carboxylic acids is 1. The normalized spacial score (nSPS) is 46.1. The molecule has 3 atom stereocenters. The van der Waals surface area contributed by atoms with Gasteiger partial charge in [-0.05, 0) is 6.42 Å². The summed E-state index contributed by atoms with van der Waals surface area (Å²) in [6.45, 7) is 0. The first-order valence-electron chi connectivity index (χ1n) is 3.61. The highest BCUT2D eigenvalue weighted by Crippen LogP contribution is 2.41. The summed E-state index contributed by atoms with van der Waals surface area (Å²) >= 11 is 1.75. The average molecular weight is 158 g/mol. The lowest BCUT2D eigenvalue weighted by atomic mass is 10.0. The van der Waals surface area contributed by atoms with E-state index in [9.17, 15) is 9.90 Å². The molecule has 0 spiro atoms. The Morgan fingerprint density at radius 3 is 3.10 bits per heavy atom. The van der Waals surface area contributed by atoms with E-state index >= 15 is 0 Å². The number of Topliss-reactive ketones (excluding diaryl/α,β-unsaturated/α-hetero) is 1. The molecule has 2 rings (SSSR count). The van der Waals surface area contributed by atoms with Gasteiger partial charge in [-0.1, -0.05) is 0 Å². The molecule has 10 heavy (non-hydrogen) atoms. The Morgan fingerprint density at radius 2 is 2.40 bits per heavy atom. The van der Waals surface area contributed by atoms with Crippen molar-refractivity contribution in [1.29, 1.82) is 0 Å². The van der Waals surface area contributed by atoms with Crippen LogP contribution >= 0.6 is 11.8 Å². The summed E-state index contributed by atoms with van der Waals surface area (Å²) in [6.07, 6.45) is 1.34. The van der Waals surface area contributed by atoms with Gasteiger partial charge in [-0.2, -0.15) is 11.8 Å². The number of hydrogen-bond donors (Lipinski definition) is 1. The first kappa shape index (κ1) is 6.68. The van der Waals surface area contributed by atoms with Gasteiger partial charge in [0.2, 0.25) is 0 Å². The standard InChI is InChI=1S/C7H10O2S/c8-4-1-2-6-7(4)5(9)3-10-6/h5-7,9H,1-3H2. The monoisotopic (exact) mass is 158 g/mol. The Hall–Kier alpha value is -0.0200. The largest absolute Gasteiger partial charge is 0.391 e. The number of carbonyl (C=O) groups is 1. The van der Waals surface area contributed by atoms with Crippen LogP contribution in [0.15, 0.2) is 0 Å². The van der Waals surface area contributed by atoms with Crippen LogP contribution in [0.3, 0.4) is 0 Å². The molecule has 2 fully saturated rings. The van der Waals surface area contributed by atoms with Crippen molar-refractivity contribution < 1.29 is 9.90 Å². The zero-order chi connectivity index (χ0) is 7.14. The maximum Gasteiger partial charge on any atom is 0.139 e. The van der Waals surface area contributed by atoms with E-state index in [-0.39, 0.29) is 17.8 Å². The minimum Gasteiger partial charge on any atom is -0.391 e. The lowest BCUT2D eigenvalue weighted by Gasteiger charge is -2.08. The number of hydrogen-bond acceptors (Lipinski definition) is 3. The third-order valence-electron chi connectivity index (χ3n) is 2.34. The second kappa shape index (κ2) is 2.24. The Bertz CT molecular complexity index is 169. The molecule has 0 amide bonds. The third kappa shape index (κ3) is 0.805. The molecule has 0 radical (unpaired) electrons. The third-order valence-corrected chi connectivity index (χ3v) is 3.83. The van der Waals surface area contributed by atoms with E-state index < -0.39 is 0 Å². The summed E-state index contributed by atoms with van der Waals surface area (Å²) in [4.78, 5) is 11.1. The molecule has 0 aromatic carbocycles. The fourth-order valence-electron chi connectivity index (χ4n) is 1.81. The van der Waals surface area contributed by atoms with E-state index in [1.54, 1.807) is 11.8 Å². The van der Waals surface area contributed by atoms with E-state index in [0.29, 0.717) is 11.7 Å². The average Bonchev–Trinajstić information content (AvgIpc) is 2.40. The Balaban J connectivity index is 2.19. The molecule has 2 aliphatic rings. The highest BCUT2D eigenvalue weighted by Gasteiger charge is 2.44. The van der Waals surface area contributed by atoms with Crippen molar-refractivity contribution in [2.24, 2.45) is 5.92 Å². The van der Waals surface area contributed by atoms with Crippen LogP contribution in [-0.2, 0) is 4.79 Å². The molecule has 56 valence electrons. The van der Waals surface area contributed by atoms with E-state index in [1.807, 2.05) is 0 Å². The molecule has 1 N–H and O–H groups in total. The SMILES string of the molecule is O=C1CCC2SCC(O)C12. The van der Waals surface area contributed by atoms with E-state index in [2.05, 4.69) is 0 Å². The van der Waals surface area contributed by atoms with Crippen molar-refractivity contribution in [3.63, 3.8) is 0 Å². The first-order valence-corrected chi connectivity index (χ1v) is 4.66. The summed E-state index contributed by atoms with van der Waals surface area (Å²) in [6, 6.07) is 0. The topological polar surface area (TPSA) is 37.3 Å².